The number of carbonyl (C=O) groups excluding carboxylic acids is 6. The Balaban J connectivity index is 1.38. The number of fused-ring (bicyclic) bond motifs is 1. The van der Waals surface area contributed by atoms with E-state index in [1.54, 1.807) is 26.8 Å². The Hall–Kier alpha value is -5.00. The zero-order valence-electron chi connectivity index (χ0n) is 29.1. The average Bonchev–Trinajstić information content (AvgIpc) is 3.96. The van der Waals surface area contributed by atoms with Gasteiger partial charge < -0.3 is 30.3 Å². The zero-order valence-corrected chi connectivity index (χ0v) is 29.9. The summed E-state index contributed by atoms with van der Waals surface area (Å²) < 4.78 is 52.7. The van der Waals surface area contributed by atoms with Crippen LogP contribution in [0.15, 0.2) is 43.5 Å². The molecule has 4 N–H and O–H groups in total. The van der Waals surface area contributed by atoms with E-state index in [2.05, 4.69) is 33.8 Å². The van der Waals surface area contributed by atoms with E-state index in [0.29, 0.717) is 24.0 Å². The van der Waals surface area contributed by atoms with Crippen LogP contribution in [0.5, 0.6) is 0 Å². The maximum atomic E-state index is 14.4. The molecule has 18 heteroatoms. The number of halogens is 1. The first-order valence-corrected chi connectivity index (χ1v) is 18.3. The van der Waals surface area contributed by atoms with Crippen LogP contribution < -0.4 is 20.7 Å². The first kappa shape index (κ1) is 38.2. The summed E-state index contributed by atoms with van der Waals surface area (Å²) in [5.74, 6) is -4.44. The van der Waals surface area contributed by atoms with Crippen LogP contribution in [-0.2, 0) is 51.8 Å². The van der Waals surface area contributed by atoms with Gasteiger partial charge in [0.1, 0.15) is 35.1 Å². The summed E-state index contributed by atoms with van der Waals surface area (Å²) in [5.41, 5.74) is -1.69. The molecule has 1 saturated heterocycles. The highest BCUT2D eigenvalue weighted by atomic mass is 32.2. The topological polar surface area (TPSA) is 210 Å². The van der Waals surface area contributed by atoms with Crippen molar-refractivity contribution >= 4 is 45.8 Å². The molecule has 3 fully saturated rings. The molecule has 2 aliphatic carbocycles. The van der Waals surface area contributed by atoms with Crippen molar-refractivity contribution in [2.24, 2.45) is 5.92 Å². The van der Waals surface area contributed by atoms with Gasteiger partial charge in [0.25, 0.3) is 5.91 Å². The average molecular weight is 747 g/mol. The van der Waals surface area contributed by atoms with Crippen molar-refractivity contribution < 1.29 is 51.0 Å². The Morgan fingerprint density at radius 1 is 1.12 bits per heavy atom. The van der Waals surface area contributed by atoms with Crippen molar-refractivity contribution in [3.8, 4) is 0 Å². The molecule has 0 spiro atoms. The van der Waals surface area contributed by atoms with Crippen LogP contribution in [0.2, 0.25) is 0 Å². The van der Waals surface area contributed by atoms with Crippen LogP contribution in [0.25, 0.3) is 0 Å². The molecule has 0 bridgehead atoms. The van der Waals surface area contributed by atoms with Crippen molar-refractivity contribution in [2.45, 2.75) is 94.1 Å². The molecule has 6 amide bonds. The second kappa shape index (κ2) is 14.6. The van der Waals surface area contributed by atoms with Gasteiger partial charge in [-0.05, 0) is 57.7 Å². The highest BCUT2D eigenvalue weighted by Crippen LogP contribution is 2.45. The Morgan fingerprint density at radius 2 is 1.83 bits per heavy atom. The number of alkyl carbamates (subject to hydrolysis) is 1. The molecule has 16 nitrogen and oxygen atoms in total. The first-order chi connectivity index (χ1) is 24.4. The van der Waals surface area contributed by atoms with E-state index in [-0.39, 0.29) is 32.5 Å². The lowest BCUT2D eigenvalue weighted by atomic mass is 10.1. The first-order valence-electron chi connectivity index (χ1n) is 16.8. The molecule has 1 aromatic rings. The lowest BCUT2D eigenvalue weighted by molar-refractivity contribution is -0.141. The van der Waals surface area contributed by atoms with E-state index in [9.17, 15) is 41.6 Å². The predicted molar refractivity (Wildman–Crippen MR) is 182 cm³/mol. The third-order valence-corrected chi connectivity index (χ3v) is 11.0. The fourth-order valence-electron chi connectivity index (χ4n) is 6.25. The third-order valence-electron chi connectivity index (χ3n) is 9.20. The van der Waals surface area contributed by atoms with E-state index >= 15 is 0 Å². The fraction of sp³-hybridized carbons (Fsp3) is 0.529. The van der Waals surface area contributed by atoms with Crippen molar-refractivity contribution in [3.63, 3.8) is 0 Å². The summed E-state index contributed by atoms with van der Waals surface area (Å²) in [4.78, 5) is 82.0. The van der Waals surface area contributed by atoms with Gasteiger partial charge in [-0.3, -0.25) is 28.8 Å². The van der Waals surface area contributed by atoms with Gasteiger partial charge in [0.05, 0.1) is 18.3 Å². The summed E-state index contributed by atoms with van der Waals surface area (Å²) in [5, 5.41) is 6.77. The van der Waals surface area contributed by atoms with Crippen molar-refractivity contribution in [1.29, 1.82) is 0 Å². The van der Waals surface area contributed by atoms with Crippen molar-refractivity contribution in [1.82, 2.24) is 30.5 Å². The van der Waals surface area contributed by atoms with E-state index < -0.39 is 98.7 Å². The number of nitrogens with zero attached hydrogens (tertiary/aromatic N) is 2. The molecule has 52 heavy (non-hydrogen) atoms. The number of likely N-dealkylation sites (tertiary alicyclic amines) is 1. The Labute approximate surface area is 300 Å². The molecule has 2 aliphatic heterocycles. The number of hydrogen-bond donors (Lipinski definition) is 4. The number of rotatable bonds is 12. The summed E-state index contributed by atoms with van der Waals surface area (Å²) in [6.07, 6.45) is 0.0355. The third kappa shape index (κ3) is 8.54. The lowest BCUT2D eigenvalue weighted by Crippen LogP contribution is -2.59. The minimum absolute atomic E-state index is 0.0375. The van der Waals surface area contributed by atoms with Gasteiger partial charge in [-0.2, -0.15) is 0 Å². The van der Waals surface area contributed by atoms with Crippen LogP contribution in [0.4, 0.5) is 14.0 Å². The normalized spacial score (nSPS) is 24.1. The van der Waals surface area contributed by atoms with Gasteiger partial charge >= 0.3 is 12.2 Å². The summed E-state index contributed by atoms with van der Waals surface area (Å²) in [6.45, 7) is 11.1. The minimum Gasteiger partial charge on any atom is -0.444 e. The Morgan fingerprint density at radius 3 is 2.42 bits per heavy atom. The second-order valence-electron chi connectivity index (χ2n) is 14.3. The van der Waals surface area contributed by atoms with Gasteiger partial charge in [0.2, 0.25) is 27.7 Å². The minimum atomic E-state index is -3.97. The molecule has 282 valence electrons. The molecular formula is C34H43FN6O10S. The SMILES string of the molecule is C=CC(=O)NC[C@H](NC(=O)OC(C)(C)C)C(=O)N1C[C@H](OC(=O)N2Cc3cccc(F)c3C2)C[C@H]1C(=O)N[C@]1(C(=O)NS(=O)(=O)C2CC2)C[C@H]1C=C. The van der Waals surface area contributed by atoms with Crippen LogP contribution in [-0.4, -0.2) is 102 Å². The van der Waals surface area contributed by atoms with Gasteiger partial charge in [-0.1, -0.05) is 24.8 Å². The molecule has 0 unspecified atom stereocenters. The van der Waals surface area contributed by atoms with Crippen LogP contribution in [0, 0.1) is 11.7 Å². The number of amides is 6. The predicted octanol–water partition coefficient (Wildman–Crippen LogP) is 1.11. The monoisotopic (exact) mass is 746 g/mol. The summed E-state index contributed by atoms with van der Waals surface area (Å²) in [7, 11) is -3.97. The van der Waals surface area contributed by atoms with Crippen LogP contribution in [0.1, 0.15) is 57.6 Å². The number of carbonyl (C=O) groups is 6. The molecule has 5 rings (SSSR count). The molecule has 2 saturated carbocycles. The quantitative estimate of drug-likeness (QED) is 0.177. The van der Waals surface area contributed by atoms with E-state index in [4.69, 9.17) is 9.47 Å². The number of ether oxygens (including phenoxy) is 2. The summed E-state index contributed by atoms with van der Waals surface area (Å²) in [6, 6.07) is 1.61. The number of benzene rings is 1. The zero-order chi connectivity index (χ0) is 38.2. The molecule has 0 aromatic heterocycles. The smallest absolute Gasteiger partial charge is 0.410 e. The molecule has 2 heterocycles. The highest BCUT2D eigenvalue weighted by Gasteiger charge is 2.62. The fourth-order valence-corrected chi connectivity index (χ4v) is 7.61. The molecule has 5 atom stereocenters. The van der Waals surface area contributed by atoms with Gasteiger partial charge in [-0.15, -0.1) is 6.58 Å². The maximum absolute atomic E-state index is 14.4. The maximum Gasteiger partial charge on any atom is 0.410 e. The molecule has 4 aliphatic rings. The largest absolute Gasteiger partial charge is 0.444 e. The van der Waals surface area contributed by atoms with Gasteiger partial charge in [0.15, 0.2) is 0 Å². The van der Waals surface area contributed by atoms with Crippen LogP contribution in [0.3, 0.4) is 0 Å². The summed E-state index contributed by atoms with van der Waals surface area (Å²) >= 11 is 0. The number of hydrogen-bond acceptors (Lipinski definition) is 10. The lowest BCUT2D eigenvalue weighted by Gasteiger charge is -2.30. The van der Waals surface area contributed by atoms with E-state index in [0.717, 1.165) is 11.0 Å². The van der Waals surface area contributed by atoms with E-state index in [1.807, 2.05) is 0 Å². The molecule has 0 radical (unpaired) electrons. The number of sulfonamides is 1. The van der Waals surface area contributed by atoms with Crippen molar-refractivity contribution in [2.75, 3.05) is 13.1 Å². The Bertz CT molecular complexity index is 1790. The molecular weight excluding hydrogens is 703 g/mol. The highest BCUT2D eigenvalue weighted by molar-refractivity contribution is 7.91. The Kier molecular flexibility index (Phi) is 10.7. The number of nitrogens with one attached hydrogen (secondary N) is 4. The van der Waals surface area contributed by atoms with E-state index in [1.165, 1.54) is 23.1 Å². The molecule has 1 aromatic carbocycles. The van der Waals surface area contributed by atoms with Gasteiger partial charge in [-0.25, -0.2) is 22.4 Å². The van der Waals surface area contributed by atoms with Gasteiger partial charge in [0, 0.05) is 31.0 Å². The second-order valence-corrected chi connectivity index (χ2v) is 16.3. The standard InChI is InChI=1S/C34H43FN6O10S/c1-6-20-14-34(20,30(45)39-52(48,49)22-11-12-22)38-28(43)26-13-21(50-32(47)40-16-19-9-8-10-24(35)23(19)18-40)17-41(26)29(44)25(15-36-27(42)7-2)37-31(46)51-33(3,4)5/h6-10,20-22,25-26H,1-2,11-18H2,3-5H3,(H,36,42)(H,37,46)(H,38,43)(H,39,45)/t20-,21-,25+,26+,34-/m1/s1. The van der Waals surface area contributed by atoms with Crippen LogP contribution >= 0.6 is 0 Å². The van der Waals surface area contributed by atoms with Crippen molar-refractivity contribution in [3.05, 3.63) is 60.5 Å².